The van der Waals surface area contributed by atoms with Crippen molar-refractivity contribution in [1.82, 2.24) is 19.6 Å². The molecule has 31 heavy (non-hydrogen) atoms. The monoisotopic (exact) mass is 449 g/mol. The maximum absolute atomic E-state index is 14.3. The Bertz CT molecular complexity index is 980. The predicted octanol–water partition coefficient (Wildman–Crippen LogP) is 3.84. The Balaban J connectivity index is 1.93. The van der Waals surface area contributed by atoms with Gasteiger partial charge in [0, 0.05) is 32.4 Å². The summed E-state index contributed by atoms with van der Waals surface area (Å²) in [5, 5.41) is 6.50. The van der Waals surface area contributed by atoms with Gasteiger partial charge in [0.25, 0.3) is 5.91 Å². The zero-order valence-corrected chi connectivity index (χ0v) is 18.4. The molecule has 0 radical (unpaired) electrons. The number of ether oxygens (including phenoxy) is 1. The van der Waals surface area contributed by atoms with E-state index in [0.29, 0.717) is 18.7 Å². The van der Waals surface area contributed by atoms with Gasteiger partial charge >= 0.3 is 5.97 Å². The third-order valence-electron chi connectivity index (χ3n) is 5.17. The number of benzene rings is 1. The van der Waals surface area contributed by atoms with Crippen molar-refractivity contribution >= 4 is 29.2 Å². The lowest BCUT2D eigenvalue weighted by atomic mass is 10.1. The summed E-state index contributed by atoms with van der Waals surface area (Å²) >= 11 is 6.18. The van der Waals surface area contributed by atoms with E-state index in [-0.39, 0.29) is 16.9 Å². The van der Waals surface area contributed by atoms with Crippen LogP contribution < -0.4 is 5.32 Å². The summed E-state index contributed by atoms with van der Waals surface area (Å²) in [5.74, 6) is -2.25. The number of imidazole rings is 1. The van der Waals surface area contributed by atoms with Crippen molar-refractivity contribution in [3.8, 4) is 0 Å². The van der Waals surface area contributed by atoms with E-state index in [1.54, 1.807) is 12.5 Å². The molecule has 2 aromatic rings. The van der Waals surface area contributed by atoms with Crippen LogP contribution in [0, 0.1) is 5.82 Å². The lowest BCUT2D eigenvalue weighted by molar-refractivity contribution is -0.120. The number of carbonyl (C=O) groups excluding carboxylic acids is 2. The summed E-state index contributed by atoms with van der Waals surface area (Å²) in [6, 6.07) is 2.34. The Morgan fingerprint density at radius 2 is 2.16 bits per heavy atom. The molecule has 3 rings (SSSR count). The molecule has 1 aromatic heterocycles. The minimum absolute atomic E-state index is 0.0383. The molecule has 8 nitrogen and oxygen atoms in total. The minimum Gasteiger partial charge on any atom is -0.465 e. The van der Waals surface area contributed by atoms with Gasteiger partial charge in [-0.3, -0.25) is 9.80 Å². The van der Waals surface area contributed by atoms with E-state index in [2.05, 4.69) is 22.0 Å². The molecule has 0 aliphatic carbocycles. The Labute approximate surface area is 185 Å². The van der Waals surface area contributed by atoms with Crippen LogP contribution in [-0.2, 0) is 9.53 Å². The molecule has 0 bridgehead atoms. The average molecular weight is 450 g/mol. The summed E-state index contributed by atoms with van der Waals surface area (Å²) in [4.78, 5) is 29.4. The number of hydrogen-bond acceptors (Lipinski definition) is 6. The predicted molar refractivity (Wildman–Crippen MR) is 115 cm³/mol. The van der Waals surface area contributed by atoms with Gasteiger partial charge in [0.1, 0.15) is 23.2 Å². The molecule has 1 unspecified atom stereocenters. The second kappa shape index (κ2) is 9.93. The van der Waals surface area contributed by atoms with Gasteiger partial charge in [0.15, 0.2) is 0 Å². The standard InChI is InChI=1S/C21H25ClFN5O3/c1-4-5-11-28-16(8-9-17(26(28)2)27-12-10-24-13-27)20(29)25-19-14(22)6-7-15(23)18(19)21(30)31-3/h6-8,10,12-13,17H,4-5,9,11H2,1-3H3,(H,25,29). The fourth-order valence-corrected chi connectivity index (χ4v) is 3.72. The van der Waals surface area contributed by atoms with Crippen molar-refractivity contribution in [3.63, 3.8) is 0 Å². The summed E-state index contributed by atoms with van der Waals surface area (Å²) in [7, 11) is 3.03. The molecule has 10 heteroatoms. The van der Waals surface area contributed by atoms with Crippen molar-refractivity contribution in [1.29, 1.82) is 0 Å². The number of halogens is 2. The van der Waals surface area contributed by atoms with Crippen molar-refractivity contribution < 1.29 is 18.7 Å². The zero-order chi connectivity index (χ0) is 22.5. The van der Waals surface area contributed by atoms with E-state index >= 15 is 0 Å². The van der Waals surface area contributed by atoms with Crippen LogP contribution in [0.15, 0.2) is 42.6 Å². The molecule has 0 saturated heterocycles. The minimum atomic E-state index is -0.923. The van der Waals surface area contributed by atoms with Crippen LogP contribution in [0.2, 0.25) is 5.02 Å². The van der Waals surface area contributed by atoms with Crippen LogP contribution in [0.4, 0.5) is 10.1 Å². The number of anilines is 1. The molecule has 1 aliphatic heterocycles. The maximum atomic E-state index is 14.3. The molecule has 0 saturated carbocycles. The van der Waals surface area contributed by atoms with Crippen LogP contribution in [0.25, 0.3) is 0 Å². The molecule has 1 aliphatic rings. The van der Waals surface area contributed by atoms with Gasteiger partial charge in [-0.1, -0.05) is 31.0 Å². The number of unbranched alkanes of at least 4 members (excludes halogenated alkanes) is 1. The molecule has 0 spiro atoms. The third kappa shape index (κ3) is 4.72. The molecule has 166 valence electrons. The van der Waals surface area contributed by atoms with Crippen molar-refractivity contribution in [2.75, 3.05) is 26.0 Å². The molecule has 1 amide bonds. The van der Waals surface area contributed by atoms with E-state index < -0.39 is 23.3 Å². The molecular weight excluding hydrogens is 425 g/mol. The van der Waals surface area contributed by atoms with E-state index in [1.165, 1.54) is 6.07 Å². The number of rotatable bonds is 7. The van der Waals surface area contributed by atoms with Gasteiger partial charge in [-0.15, -0.1) is 0 Å². The Morgan fingerprint density at radius 1 is 1.39 bits per heavy atom. The Kier molecular flexibility index (Phi) is 7.29. The number of nitrogens with one attached hydrogen (secondary N) is 1. The van der Waals surface area contributed by atoms with Gasteiger partial charge in [-0.05, 0) is 18.6 Å². The first-order chi connectivity index (χ1) is 14.9. The van der Waals surface area contributed by atoms with Gasteiger partial charge in [0.05, 0.1) is 24.1 Å². The first-order valence-corrected chi connectivity index (χ1v) is 10.3. The summed E-state index contributed by atoms with van der Waals surface area (Å²) in [6.45, 7) is 2.67. The summed E-state index contributed by atoms with van der Waals surface area (Å²) in [6.07, 6.45) is 9.44. The van der Waals surface area contributed by atoms with Crippen LogP contribution in [0.3, 0.4) is 0 Å². The third-order valence-corrected chi connectivity index (χ3v) is 5.48. The number of aromatic nitrogens is 2. The van der Waals surface area contributed by atoms with Gasteiger partial charge in [-0.25, -0.2) is 19.2 Å². The lowest BCUT2D eigenvalue weighted by Crippen LogP contribution is -2.48. The number of nitrogens with zero attached hydrogens (tertiary/aromatic N) is 4. The first kappa shape index (κ1) is 22.8. The van der Waals surface area contributed by atoms with Crippen molar-refractivity contribution in [2.45, 2.75) is 32.4 Å². The highest BCUT2D eigenvalue weighted by atomic mass is 35.5. The van der Waals surface area contributed by atoms with Crippen molar-refractivity contribution in [2.24, 2.45) is 0 Å². The number of esters is 1. The second-order valence-corrected chi connectivity index (χ2v) is 7.50. The number of hydrazine groups is 1. The van der Waals surface area contributed by atoms with Crippen LogP contribution in [0.5, 0.6) is 0 Å². The molecule has 1 N–H and O–H groups in total. The van der Waals surface area contributed by atoms with E-state index in [4.69, 9.17) is 11.6 Å². The number of methoxy groups -OCH3 is 1. The smallest absolute Gasteiger partial charge is 0.343 e. The fourth-order valence-electron chi connectivity index (χ4n) is 3.52. The average Bonchev–Trinajstić information content (AvgIpc) is 3.29. The maximum Gasteiger partial charge on any atom is 0.343 e. The summed E-state index contributed by atoms with van der Waals surface area (Å²) in [5.41, 5.74) is -0.137. The Hall–Kier alpha value is -2.91. The van der Waals surface area contributed by atoms with E-state index in [9.17, 15) is 14.0 Å². The topological polar surface area (TPSA) is 79.7 Å². The van der Waals surface area contributed by atoms with Crippen LogP contribution in [0.1, 0.15) is 42.7 Å². The lowest BCUT2D eigenvalue weighted by Gasteiger charge is -2.43. The van der Waals surface area contributed by atoms with E-state index in [1.807, 2.05) is 33.9 Å². The molecule has 1 aromatic carbocycles. The van der Waals surface area contributed by atoms with Gasteiger partial charge in [0.2, 0.25) is 0 Å². The van der Waals surface area contributed by atoms with Crippen molar-refractivity contribution in [3.05, 3.63) is 59.0 Å². The largest absolute Gasteiger partial charge is 0.465 e. The van der Waals surface area contributed by atoms with Crippen LogP contribution >= 0.6 is 11.6 Å². The summed E-state index contributed by atoms with van der Waals surface area (Å²) < 4.78 is 20.9. The van der Waals surface area contributed by atoms with Crippen LogP contribution in [-0.4, -0.2) is 52.1 Å². The fraction of sp³-hybridized carbons (Fsp3) is 0.381. The molecule has 0 fully saturated rings. The highest BCUT2D eigenvalue weighted by Gasteiger charge is 2.32. The zero-order valence-electron chi connectivity index (χ0n) is 17.6. The molecular formula is C21H25ClFN5O3. The molecule has 2 heterocycles. The SMILES string of the molecule is CCCCN1C(C(=O)Nc2c(Cl)ccc(F)c2C(=O)OC)=CCC(n2ccnc2)N1C. The highest BCUT2D eigenvalue weighted by molar-refractivity contribution is 6.35. The number of carbonyl (C=O) groups is 2. The first-order valence-electron chi connectivity index (χ1n) is 9.94. The molecule has 1 atom stereocenters. The van der Waals surface area contributed by atoms with Gasteiger partial charge < -0.3 is 14.6 Å². The number of hydrogen-bond donors (Lipinski definition) is 1. The number of amides is 1. The Morgan fingerprint density at radius 3 is 2.81 bits per heavy atom. The highest BCUT2D eigenvalue weighted by Crippen LogP contribution is 2.32. The van der Waals surface area contributed by atoms with Gasteiger partial charge in [-0.2, -0.15) is 0 Å². The quantitative estimate of drug-likeness (QED) is 0.647. The van der Waals surface area contributed by atoms with E-state index in [0.717, 1.165) is 26.0 Å². The normalized spacial score (nSPS) is 16.7. The second-order valence-electron chi connectivity index (χ2n) is 7.09.